The predicted octanol–water partition coefficient (Wildman–Crippen LogP) is 0.817. The van der Waals surface area contributed by atoms with Crippen LogP contribution in [-0.4, -0.2) is 34.2 Å². The fourth-order valence-electron chi connectivity index (χ4n) is 4.30. The van der Waals surface area contributed by atoms with Crippen molar-refractivity contribution in [3.63, 3.8) is 0 Å². The second-order valence-electron chi connectivity index (χ2n) is 6.09. The first-order valence-electron chi connectivity index (χ1n) is 7.00. The first kappa shape index (κ1) is 13.2. The Balaban J connectivity index is 1.75. The van der Waals surface area contributed by atoms with Gasteiger partial charge in [-0.15, -0.1) is 0 Å². The molecule has 0 unspecified atom stereocenters. The van der Waals surface area contributed by atoms with Crippen LogP contribution in [0.15, 0.2) is 24.3 Å². The molecule has 1 heterocycles. The zero-order chi connectivity index (χ0) is 14.9. The highest BCUT2D eigenvalue weighted by atomic mass is 35.5. The van der Waals surface area contributed by atoms with Crippen molar-refractivity contribution in [2.24, 2.45) is 23.7 Å². The molecule has 2 saturated carbocycles. The number of aliphatic hydroxyl groups excluding tert-OH is 2. The molecular weight excluding hydrogens is 294 g/mol. The monoisotopic (exact) mass is 307 g/mol. The number of amides is 2. The van der Waals surface area contributed by atoms with Crippen molar-refractivity contribution in [1.82, 2.24) is 0 Å². The smallest absolute Gasteiger partial charge is 0.238 e. The van der Waals surface area contributed by atoms with Crippen molar-refractivity contribution in [2.75, 3.05) is 4.90 Å². The molecule has 0 spiro atoms. The largest absolute Gasteiger partial charge is 0.390 e. The van der Waals surface area contributed by atoms with Gasteiger partial charge in [0.15, 0.2) is 0 Å². The number of aliphatic hydroxyl groups is 2. The first-order valence-corrected chi connectivity index (χ1v) is 7.38. The second kappa shape index (κ2) is 4.29. The molecule has 6 atom stereocenters. The Labute approximate surface area is 126 Å². The summed E-state index contributed by atoms with van der Waals surface area (Å²) in [5.41, 5.74) is 0.454. The van der Waals surface area contributed by atoms with E-state index in [2.05, 4.69) is 0 Å². The van der Waals surface area contributed by atoms with Crippen LogP contribution in [0.25, 0.3) is 0 Å². The van der Waals surface area contributed by atoms with Gasteiger partial charge in [0.05, 0.1) is 29.7 Å². The molecule has 21 heavy (non-hydrogen) atoms. The number of nitrogens with zero attached hydrogens (tertiary/aromatic N) is 1. The lowest BCUT2D eigenvalue weighted by Crippen LogP contribution is -2.43. The van der Waals surface area contributed by atoms with Gasteiger partial charge in [0, 0.05) is 16.9 Å². The summed E-state index contributed by atoms with van der Waals surface area (Å²) in [5.74, 6) is -2.25. The van der Waals surface area contributed by atoms with E-state index in [9.17, 15) is 19.8 Å². The summed E-state index contributed by atoms with van der Waals surface area (Å²) in [6.07, 6.45) is -1.28. The van der Waals surface area contributed by atoms with Crippen LogP contribution < -0.4 is 4.90 Å². The van der Waals surface area contributed by atoms with Crippen molar-refractivity contribution in [1.29, 1.82) is 0 Å². The van der Waals surface area contributed by atoms with E-state index in [4.69, 9.17) is 11.6 Å². The number of anilines is 1. The topological polar surface area (TPSA) is 77.8 Å². The van der Waals surface area contributed by atoms with Crippen LogP contribution in [0.5, 0.6) is 0 Å². The number of hydrogen-bond donors (Lipinski definition) is 2. The standard InChI is InChI=1S/C15H14ClNO4/c16-6-2-1-3-7(4-6)17-14(20)10-8-5-9(11(10)15(17)21)13(19)12(8)18/h1-4,8-13,18-19H,5H2/t8-,9-,10-,11+,12-,13+/m0/s1. The van der Waals surface area contributed by atoms with Crippen LogP contribution >= 0.6 is 11.6 Å². The molecule has 1 aliphatic heterocycles. The van der Waals surface area contributed by atoms with Crippen LogP contribution in [0.4, 0.5) is 5.69 Å². The minimum Gasteiger partial charge on any atom is -0.390 e. The van der Waals surface area contributed by atoms with Crippen molar-refractivity contribution < 1.29 is 19.8 Å². The van der Waals surface area contributed by atoms with Crippen molar-refractivity contribution in [2.45, 2.75) is 18.6 Å². The quantitative estimate of drug-likeness (QED) is 0.753. The lowest BCUT2D eigenvalue weighted by atomic mass is 9.78. The van der Waals surface area contributed by atoms with Gasteiger partial charge in [0.1, 0.15) is 0 Å². The highest BCUT2D eigenvalue weighted by molar-refractivity contribution is 6.31. The van der Waals surface area contributed by atoms with E-state index in [1.807, 2.05) is 0 Å². The molecule has 1 aromatic rings. The Bertz CT molecular complexity index is 616. The molecule has 0 aromatic heterocycles. The number of carbonyl (C=O) groups excluding carboxylic acids is 2. The zero-order valence-corrected chi connectivity index (χ0v) is 11.8. The molecule has 1 saturated heterocycles. The molecule has 6 heteroatoms. The van der Waals surface area contributed by atoms with Gasteiger partial charge in [-0.3, -0.25) is 9.59 Å². The van der Waals surface area contributed by atoms with Crippen LogP contribution in [0.3, 0.4) is 0 Å². The Morgan fingerprint density at radius 2 is 1.62 bits per heavy atom. The molecule has 2 bridgehead atoms. The average molecular weight is 308 g/mol. The number of halogens is 1. The molecule has 2 aliphatic carbocycles. The number of fused-ring (bicyclic) bond motifs is 5. The lowest BCUT2D eigenvalue weighted by molar-refractivity contribution is -0.129. The fourth-order valence-corrected chi connectivity index (χ4v) is 4.48. The van der Waals surface area contributed by atoms with Crippen molar-refractivity contribution in [3.8, 4) is 0 Å². The first-order chi connectivity index (χ1) is 10.0. The minimum absolute atomic E-state index is 0.286. The van der Waals surface area contributed by atoms with E-state index in [-0.39, 0.29) is 23.7 Å². The van der Waals surface area contributed by atoms with Gasteiger partial charge in [0.25, 0.3) is 0 Å². The Hall–Kier alpha value is -1.43. The Morgan fingerprint density at radius 3 is 2.14 bits per heavy atom. The summed E-state index contributed by atoms with van der Waals surface area (Å²) in [4.78, 5) is 26.4. The summed E-state index contributed by atoms with van der Waals surface area (Å²) >= 11 is 5.93. The lowest BCUT2D eigenvalue weighted by Gasteiger charge is -2.29. The SMILES string of the molecule is O=C1[C@@H]2[C@@H]3C[C@H]([C@H](O)[C@@H]3O)[C@@H]2C(=O)N1c1cccc(Cl)c1. The van der Waals surface area contributed by atoms with Gasteiger partial charge >= 0.3 is 0 Å². The molecule has 2 N–H and O–H groups in total. The normalized spacial score (nSPS) is 41.0. The van der Waals surface area contributed by atoms with Crippen LogP contribution in [0.1, 0.15) is 6.42 Å². The maximum absolute atomic E-state index is 12.6. The summed E-state index contributed by atoms with van der Waals surface area (Å²) in [7, 11) is 0. The summed E-state index contributed by atoms with van der Waals surface area (Å²) in [5, 5.41) is 20.4. The van der Waals surface area contributed by atoms with Crippen molar-refractivity contribution >= 4 is 29.1 Å². The van der Waals surface area contributed by atoms with Gasteiger partial charge in [-0.2, -0.15) is 0 Å². The number of carbonyl (C=O) groups is 2. The molecule has 3 fully saturated rings. The molecular formula is C15H14ClNO4. The zero-order valence-electron chi connectivity index (χ0n) is 11.0. The molecule has 110 valence electrons. The fraction of sp³-hybridized carbons (Fsp3) is 0.467. The molecule has 2 amide bonds. The van der Waals surface area contributed by atoms with Gasteiger partial charge in [-0.1, -0.05) is 17.7 Å². The number of benzene rings is 1. The van der Waals surface area contributed by atoms with E-state index in [0.29, 0.717) is 17.1 Å². The van der Waals surface area contributed by atoms with E-state index in [0.717, 1.165) is 4.90 Å². The number of rotatable bonds is 1. The van der Waals surface area contributed by atoms with Crippen LogP contribution in [-0.2, 0) is 9.59 Å². The molecule has 1 aromatic carbocycles. The summed E-state index contributed by atoms with van der Waals surface area (Å²) in [6.45, 7) is 0. The highest BCUT2D eigenvalue weighted by Gasteiger charge is 2.67. The number of hydrogen-bond acceptors (Lipinski definition) is 4. The van der Waals surface area contributed by atoms with Gasteiger partial charge in [0.2, 0.25) is 11.8 Å². The van der Waals surface area contributed by atoms with Crippen LogP contribution in [0.2, 0.25) is 5.02 Å². The van der Waals surface area contributed by atoms with Crippen LogP contribution in [0, 0.1) is 23.7 Å². The van der Waals surface area contributed by atoms with E-state index < -0.39 is 24.0 Å². The molecule has 4 rings (SSSR count). The van der Waals surface area contributed by atoms with Gasteiger partial charge in [-0.25, -0.2) is 4.90 Å². The third kappa shape index (κ3) is 1.59. The molecule has 5 nitrogen and oxygen atoms in total. The molecule has 0 radical (unpaired) electrons. The van der Waals surface area contributed by atoms with E-state index in [1.165, 1.54) is 0 Å². The minimum atomic E-state index is -0.910. The molecule has 3 aliphatic rings. The van der Waals surface area contributed by atoms with E-state index >= 15 is 0 Å². The predicted molar refractivity (Wildman–Crippen MR) is 74.5 cm³/mol. The summed E-state index contributed by atoms with van der Waals surface area (Å²) in [6, 6.07) is 6.60. The Kier molecular flexibility index (Phi) is 2.70. The third-order valence-corrected chi connectivity index (χ3v) is 5.39. The van der Waals surface area contributed by atoms with E-state index in [1.54, 1.807) is 24.3 Å². The average Bonchev–Trinajstić information content (AvgIpc) is 3.04. The van der Waals surface area contributed by atoms with Gasteiger partial charge in [-0.05, 0) is 24.6 Å². The highest BCUT2D eigenvalue weighted by Crippen LogP contribution is 2.56. The summed E-state index contributed by atoms with van der Waals surface area (Å²) < 4.78 is 0. The van der Waals surface area contributed by atoms with Gasteiger partial charge < -0.3 is 10.2 Å². The third-order valence-electron chi connectivity index (χ3n) is 5.16. The maximum Gasteiger partial charge on any atom is 0.238 e. The maximum atomic E-state index is 12.6. The Morgan fingerprint density at radius 1 is 1.05 bits per heavy atom. The second-order valence-corrected chi connectivity index (χ2v) is 6.52. The number of imide groups is 1. The van der Waals surface area contributed by atoms with Crippen molar-refractivity contribution in [3.05, 3.63) is 29.3 Å².